The minimum atomic E-state index is -0.289. The monoisotopic (exact) mass is 513 g/mol. The van der Waals surface area contributed by atoms with Crippen molar-refractivity contribution in [3.05, 3.63) is 129 Å². The predicted molar refractivity (Wildman–Crippen MR) is 148 cm³/mol. The van der Waals surface area contributed by atoms with Crippen LogP contribution in [0.15, 0.2) is 101 Å². The van der Waals surface area contributed by atoms with Crippen molar-refractivity contribution < 1.29 is 0 Å². The highest BCUT2D eigenvalue weighted by Crippen LogP contribution is 2.18. The third kappa shape index (κ3) is 4.69. The van der Waals surface area contributed by atoms with E-state index in [0.29, 0.717) is 22.4 Å². The van der Waals surface area contributed by atoms with Gasteiger partial charge in [-0.1, -0.05) is 65.7 Å². The second-order valence-corrected chi connectivity index (χ2v) is 8.82. The summed E-state index contributed by atoms with van der Waals surface area (Å²) in [5.41, 5.74) is 3.39. The standard InChI is InChI=1S/C28H21Cl2N5O/c1-2-18-33-24-5-3-4-6-25(24)35-27(33)32-26(31-17-15-20-7-11-22(29)12-8-20)34(28(35)36)19-16-21-9-13-23(30)14-10-21/h2-17,19H,1,18H2/b17-15+,19-16+,31-26?. The first kappa shape index (κ1) is 23.6. The number of halogens is 2. The van der Waals surface area contributed by atoms with Crippen LogP contribution >= 0.6 is 23.2 Å². The van der Waals surface area contributed by atoms with Crippen LogP contribution in [0.1, 0.15) is 11.1 Å². The van der Waals surface area contributed by atoms with Crippen molar-refractivity contribution in [3.63, 3.8) is 0 Å². The molecule has 0 aliphatic rings. The number of fused-ring (bicyclic) bond motifs is 3. The molecule has 0 bridgehead atoms. The molecule has 0 aliphatic carbocycles. The topological polar surface area (TPSA) is 56.6 Å². The van der Waals surface area contributed by atoms with Crippen molar-refractivity contribution in [1.82, 2.24) is 18.5 Å². The molecule has 2 aromatic heterocycles. The van der Waals surface area contributed by atoms with Crippen LogP contribution in [0.2, 0.25) is 10.0 Å². The fourth-order valence-electron chi connectivity index (χ4n) is 3.88. The quantitative estimate of drug-likeness (QED) is 0.256. The summed E-state index contributed by atoms with van der Waals surface area (Å²) in [5.74, 6) is 0.482. The van der Waals surface area contributed by atoms with Gasteiger partial charge in [0.2, 0.25) is 11.4 Å². The van der Waals surface area contributed by atoms with E-state index in [1.54, 1.807) is 47.1 Å². The summed E-state index contributed by atoms with van der Waals surface area (Å²) < 4.78 is 4.96. The van der Waals surface area contributed by atoms with E-state index in [4.69, 9.17) is 28.2 Å². The number of para-hydroxylation sites is 2. The zero-order valence-corrected chi connectivity index (χ0v) is 20.6. The van der Waals surface area contributed by atoms with Crippen LogP contribution in [-0.2, 0) is 6.54 Å². The van der Waals surface area contributed by atoms with Gasteiger partial charge in [0.05, 0.1) is 11.0 Å². The predicted octanol–water partition coefficient (Wildman–Crippen LogP) is 6.14. The summed E-state index contributed by atoms with van der Waals surface area (Å²) in [6, 6.07) is 22.4. The van der Waals surface area contributed by atoms with Gasteiger partial charge in [0.15, 0.2) is 0 Å². The summed E-state index contributed by atoms with van der Waals surface area (Å²) in [7, 11) is 0. The van der Waals surface area contributed by atoms with Crippen LogP contribution < -0.4 is 11.3 Å². The SMILES string of the molecule is C=CCn1c2ccccc2n2c(=O)n(/C=C/c3ccc(Cl)cc3)c(=N/C=C/c3ccc(Cl)cc3)nc12. The van der Waals surface area contributed by atoms with Gasteiger partial charge in [-0.2, -0.15) is 4.98 Å². The average molecular weight is 514 g/mol. The van der Waals surface area contributed by atoms with Crippen molar-refractivity contribution in [3.8, 4) is 0 Å². The van der Waals surface area contributed by atoms with E-state index in [9.17, 15) is 4.79 Å². The molecule has 0 unspecified atom stereocenters. The summed E-state index contributed by atoms with van der Waals surface area (Å²) in [6.07, 6.45) is 8.70. The lowest BCUT2D eigenvalue weighted by molar-refractivity contribution is 0.774. The van der Waals surface area contributed by atoms with Gasteiger partial charge in [-0.05, 0) is 59.7 Å². The molecule has 2 heterocycles. The molecule has 0 radical (unpaired) electrons. The molecule has 0 N–H and O–H groups in total. The van der Waals surface area contributed by atoms with Crippen molar-refractivity contribution in [1.29, 1.82) is 0 Å². The second-order valence-electron chi connectivity index (χ2n) is 7.95. The fourth-order valence-corrected chi connectivity index (χ4v) is 4.13. The van der Waals surface area contributed by atoms with E-state index in [2.05, 4.69) is 11.6 Å². The van der Waals surface area contributed by atoms with Gasteiger partial charge in [-0.15, -0.1) is 6.58 Å². The van der Waals surface area contributed by atoms with Crippen LogP contribution in [0, 0.1) is 0 Å². The first-order valence-electron chi connectivity index (χ1n) is 11.2. The minimum Gasteiger partial charge on any atom is -0.306 e. The lowest BCUT2D eigenvalue weighted by Gasteiger charge is -2.04. The average Bonchev–Trinajstić information content (AvgIpc) is 3.20. The molecule has 5 rings (SSSR count). The Morgan fingerprint density at radius 3 is 2.11 bits per heavy atom. The number of aromatic nitrogens is 4. The lowest BCUT2D eigenvalue weighted by atomic mass is 10.2. The Morgan fingerprint density at radius 1 is 0.861 bits per heavy atom. The van der Waals surface area contributed by atoms with Gasteiger partial charge in [0.1, 0.15) is 0 Å². The second kappa shape index (κ2) is 10.2. The third-order valence-electron chi connectivity index (χ3n) is 5.59. The molecule has 8 heteroatoms. The maximum absolute atomic E-state index is 13.8. The molecule has 0 saturated heterocycles. The summed E-state index contributed by atoms with van der Waals surface area (Å²) >= 11 is 12.0. The van der Waals surface area contributed by atoms with E-state index in [-0.39, 0.29) is 11.3 Å². The lowest BCUT2D eigenvalue weighted by Crippen LogP contribution is -2.37. The van der Waals surface area contributed by atoms with E-state index in [0.717, 1.165) is 22.2 Å². The van der Waals surface area contributed by atoms with Gasteiger partial charge in [-0.3, -0.25) is 0 Å². The van der Waals surface area contributed by atoms with Crippen LogP contribution in [-0.4, -0.2) is 18.5 Å². The van der Waals surface area contributed by atoms with Crippen molar-refractivity contribution in [2.75, 3.05) is 0 Å². The van der Waals surface area contributed by atoms with Crippen LogP contribution in [0.3, 0.4) is 0 Å². The molecule has 0 fully saturated rings. The number of hydrogen-bond donors (Lipinski definition) is 0. The summed E-state index contributed by atoms with van der Waals surface area (Å²) in [5, 5.41) is 1.30. The Morgan fingerprint density at radius 2 is 1.47 bits per heavy atom. The maximum Gasteiger partial charge on any atom is 0.342 e. The molecule has 5 aromatic rings. The first-order chi connectivity index (χ1) is 17.5. The highest BCUT2D eigenvalue weighted by atomic mass is 35.5. The number of rotatable bonds is 6. The van der Waals surface area contributed by atoms with Gasteiger partial charge in [-0.25, -0.2) is 18.8 Å². The smallest absolute Gasteiger partial charge is 0.306 e. The Balaban J connectivity index is 1.74. The molecule has 0 atom stereocenters. The zero-order chi connectivity index (χ0) is 25.1. The number of hydrogen-bond acceptors (Lipinski definition) is 3. The van der Waals surface area contributed by atoms with Gasteiger partial charge < -0.3 is 4.57 Å². The normalized spacial score (nSPS) is 12.4. The number of nitrogens with zero attached hydrogens (tertiary/aromatic N) is 5. The van der Waals surface area contributed by atoms with E-state index < -0.39 is 0 Å². The van der Waals surface area contributed by atoms with E-state index >= 15 is 0 Å². The Hall–Kier alpha value is -4.13. The maximum atomic E-state index is 13.8. The molecular formula is C28H21Cl2N5O. The number of allylic oxidation sites excluding steroid dienone is 1. The number of benzene rings is 3. The van der Waals surface area contributed by atoms with Crippen molar-refractivity contribution in [2.24, 2.45) is 4.99 Å². The van der Waals surface area contributed by atoms with Crippen LogP contribution in [0.5, 0.6) is 0 Å². The van der Waals surface area contributed by atoms with Crippen molar-refractivity contribution in [2.45, 2.75) is 6.54 Å². The minimum absolute atomic E-state index is 0.239. The Kier molecular flexibility index (Phi) is 6.71. The molecule has 178 valence electrons. The molecule has 6 nitrogen and oxygen atoms in total. The summed E-state index contributed by atoms with van der Waals surface area (Å²) in [4.78, 5) is 23.1. The molecule has 3 aromatic carbocycles. The molecule has 36 heavy (non-hydrogen) atoms. The van der Waals surface area contributed by atoms with Gasteiger partial charge >= 0.3 is 5.69 Å². The van der Waals surface area contributed by atoms with Crippen LogP contribution in [0.4, 0.5) is 0 Å². The molecule has 0 spiro atoms. The van der Waals surface area contributed by atoms with Gasteiger partial charge in [0, 0.05) is 29.0 Å². The summed E-state index contributed by atoms with van der Waals surface area (Å²) in [6.45, 7) is 4.36. The Labute approximate surface area is 217 Å². The third-order valence-corrected chi connectivity index (χ3v) is 6.10. The largest absolute Gasteiger partial charge is 0.342 e. The van der Waals surface area contributed by atoms with E-state index in [1.807, 2.05) is 65.3 Å². The van der Waals surface area contributed by atoms with Crippen molar-refractivity contribution >= 4 is 58.4 Å². The van der Waals surface area contributed by atoms with Gasteiger partial charge in [0.25, 0.3) is 0 Å². The molecule has 0 aliphatic heterocycles. The van der Waals surface area contributed by atoms with Crippen LogP contribution in [0.25, 0.3) is 35.2 Å². The molecule has 0 amide bonds. The van der Waals surface area contributed by atoms with E-state index in [1.165, 1.54) is 4.57 Å². The highest BCUT2D eigenvalue weighted by molar-refractivity contribution is 6.30. The Bertz CT molecular complexity index is 1760. The zero-order valence-electron chi connectivity index (χ0n) is 19.1. The molecular weight excluding hydrogens is 493 g/mol. The molecule has 0 saturated carbocycles. The number of imidazole rings is 1. The highest BCUT2D eigenvalue weighted by Gasteiger charge is 2.15. The fraction of sp³-hybridized carbons (Fsp3) is 0.0357. The first-order valence-corrected chi connectivity index (χ1v) is 11.9.